The van der Waals surface area contributed by atoms with Crippen molar-refractivity contribution in [3.63, 3.8) is 0 Å². The zero-order chi connectivity index (χ0) is 42.6. The van der Waals surface area contributed by atoms with E-state index in [-0.39, 0.29) is 11.7 Å². The van der Waals surface area contributed by atoms with Gasteiger partial charge in [-0.15, -0.1) is 0 Å². The zero-order valence-electron chi connectivity index (χ0n) is 35.9. The van der Waals surface area contributed by atoms with Gasteiger partial charge in [0, 0.05) is 29.4 Å². The van der Waals surface area contributed by atoms with Crippen LogP contribution < -0.4 is 28.4 Å². The number of H-pyrrole nitrogens is 1. The topological polar surface area (TPSA) is 145 Å². The van der Waals surface area contributed by atoms with Gasteiger partial charge < -0.3 is 37.6 Å². The number of nitrogens with one attached hydrogen (secondary N) is 1. The molecule has 0 aliphatic rings. The number of aromatic nitrogens is 6. The van der Waals surface area contributed by atoms with Crippen molar-refractivity contribution in [1.29, 1.82) is 0 Å². The molecule has 13 nitrogen and oxygen atoms in total. The third kappa shape index (κ3) is 8.07. The van der Waals surface area contributed by atoms with E-state index < -0.39 is 8.24 Å². The Bertz CT molecular complexity index is 2340. The number of benzene rings is 2. The summed E-state index contributed by atoms with van der Waals surface area (Å²) >= 11 is 2.39. The number of rotatable bonds is 14. The molecule has 6 rings (SSSR count). The number of fused-ring (bicyclic) bond motifs is 2. The summed E-state index contributed by atoms with van der Waals surface area (Å²) in [4.78, 5) is 34.5. The molecule has 6 aromatic rings. The highest BCUT2D eigenvalue weighted by atomic mass is 127. The van der Waals surface area contributed by atoms with E-state index in [0.29, 0.717) is 73.5 Å². The fraction of sp³-hybridized carbons (Fsp3) is 0.419. The van der Waals surface area contributed by atoms with Crippen LogP contribution >= 0.6 is 22.6 Å². The standard InChI is InChI=1S/C24H34IN3O3Si.C19H21N3O4/c1-14(2)32(15(3)4,16(5)6)28-13-18(25)22-24(28)26-12-19(27-22)17-10-20(29-7)23(31-9)21(11-17)30-8;1-10(2)17(23)12-8-20-19-16(12)22-13(9-21-19)11-6-14(24-3)18(26-5)15(7-11)25-4/h10-16H,1-9H3;6-10H,1-5H3,(H,20,21). The van der Waals surface area contributed by atoms with Crippen LogP contribution in [-0.4, -0.2) is 85.8 Å². The van der Waals surface area contributed by atoms with E-state index in [4.69, 9.17) is 38.4 Å². The Kier molecular flexibility index (Phi) is 14.0. The summed E-state index contributed by atoms with van der Waals surface area (Å²) in [6, 6.07) is 7.43. The highest BCUT2D eigenvalue weighted by Gasteiger charge is 2.46. The molecule has 0 spiro atoms. The van der Waals surface area contributed by atoms with Crippen LogP contribution in [0.25, 0.3) is 44.8 Å². The van der Waals surface area contributed by atoms with Gasteiger partial charge in [-0.25, -0.2) is 19.9 Å². The average molecular weight is 923 g/mol. The van der Waals surface area contributed by atoms with Crippen molar-refractivity contribution in [1.82, 2.24) is 29.2 Å². The van der Waals surface area contributed by atoms with Crippen LogP contribution in [0.4, 0.5) is 0 Å². The minimum absolute atomic E-state index is 0.0209. The fourth-order valence-corrected chi connectivity index (χ4v) is 15.7. The van der Waals surface area contributed by atoms with Gasteiger partial charge in [-0.3, -0.25) is 4.79 Å². The number of ether oxygens (including phenoxy) is 6. The summed E-state index contributed by atoms with van der Waals surface area (Å²) < 4.78 is 36.3. The second-order valence-corrected chi connectivity index (χ2v) is 22.0. The van der Waals surface area contributed by atoms with Crippen molar-refractivity contribution in [3.05, 3.63) is 58.2 Å². The maximum absolute atomic E-state index is 12.4. The molecule has 0 fully saturated rings. The van der Waals surface area contributed by atoms with Crippen molar-refractivity contribution in [2.75, 3.05) is 42.7 Å². The van der Waals surface area contributed by atoms with Crippen LogP contribution in [0.5, 0.6) is 34.5 Å². The van der Waals surface area contributed by atoms with Crippen molar-refractivity contribution < 1.29 is 33.2 Å². The number of carbonyl (C=O) groups is 1. The average Bonchev–Trinajstić information content (AvgIpc) is 3.79. The summed E-state index contributed by atoms with van der Waals surface area (Å²) in [5, 5.41) is 0. The molecule has 0 radical (unpaired) electrons. The number of nitrogens with zero attached hydrogens (tertiary/aromatic N) is 5. The van der Waals surface area contributed by atoms with Crippen LogP contribution in [0.3, 0.4) is 0 Å². The molecular weight excluding hydrogens is 867 g/mol. The smallest absolute Gasteiger partial charge is 0.203 e. The molecule has 0 saturated heterocycles. The Labute approximate surface area is 355 Å². The SMILES string of the molecule is COc1cc(-c2cnc3[nH]cc(C(=O)C(C)C)c3n2)cc(OC)c1OC.COc1cc(-c2cnc3c(n2)c(I)cn3[Si](C(C)C)(C(C)C)C(C)C)cc(OC)c1OC. The molecular formula is C43H55IN6O7Si. The van der Waals surface area contributed by atoms with E-state index in [0.717, 1.165) is 31.6 Å². The Morgan fingerprint density at radius 1 is 0.655 bits per heavy atom. The minimum Gasteiger partial charge on any atom is -0.493 e. The van der Waals surface area contributed by atoms with Crippen molar-refractivity contribution in [2.24, 2.45) is 5.92 Å². The van der Waals surface area contributed by atoms with Crippen molar-refractivity contribution in [2.45, 2.75) is 72.0 Å². The molecule has 0 aliphatic heterocycles. The molecule has 1 N–H and O–H groups in total. The molecule has 0 atom stereocenters. The first-order valence-electron chi connectivity index (χ1n) is 19.2. The Morgan fingerprint density at radius 3 is 1.48 bits per heavy atom. The predicted molar refractivity (Wildman–Crippen MR) is 240 cm³/mol. The lowest BCUT2D eigenvalue weighted by Crippen LogP contribution is -2.51. The first-order chi connectivity index (χ1) is 27.6. The van der Waals surface area contributed by atoms with Crippen molar-refractivity contribution >= 4 is 58.9 Å². The lowest BCUT2D eigenvalue weighted by Gasteiger charge is -2.44. The number of hydrogen-bond acceptors (Lipinski definition) is 11. The Hall–Kier alpha value is -4.90. The highest BCUT2D eigenvalue weighted by Crippen LogP contribution is 2.46. The monoisotopic (exact) mass is 922 g/mol. The molecule has 4 heterocycles. The molecule has 15 heteroatoms. The first-order valence-corrected chi connectivity index (χ1v) is 22.4. The summed E-state index contributed by atoms with van der Waals surface area (Å²) in [7, 11) is 7.57. The van der Waals surface area contributed by atoms with E-state index in [1.165, 1.54) is 0 Å². The number of hydrogen-bond donors (Lipinski definition) is 1. The predicted octanol–water partition coefficient (Wildman–Crippen LogP) is 10.2. The van der Waals surface area contributed by atoms with Crippen LogP contribution in [-0.2, 0) is 0 Å². The maximum Gasteiger partial charge on any atom is 0.203 e. The molecule has 4 aromatic heterocycles. The van der Waals surface area contributed by atoms with Crippen LogP contribution in [0.2, 0.25) is 16.6 Å². The lowest BCUT2D eigenvalue weighted by atomic mass is 10.0. The van der Waals surface area contributed by atoms with E-state index >= 15 is 0 Å². The zero-order valence-corrected chi connectivity index (χ0v) is 39.1. The lowest BCUT2D eigenvalue weighted by molar-refractivity contribution is 0.0941. The van der Waals surface area contributed by atoms with Gasteiger partial charge >= 0.3 is 0 Å². The Morgan fingerprint density at radius 2 is 1.09 bits per heavy atom. The van der Waals surface area contributed by atoms with Crippen LogP contribution in [0, 0.1) is 9.49 Å². The van der Waals surface area contributed by atoms with E-state index in [1.54, 1.807) is 67.2 Å². The largest absolute Gasteiger partial charge is 0.493 e. The molecule has 0 saturated carbocycles. The van der Waals surface area contributed by atoms with Crippen LogP contribution in [0.15, 0.2) is 49.1 Å². The summed E-state index contributed by atoms with van der Waals surface area (Å²) in [5.74, 6) is 3.21. The number of carbonyl (C=O) groups excluding carboxylic acids is 1. The quantitative estimate of drug-likeness (QED) is 0.0633. The number of aromatic amines is 1. The second-order valence-electron chi connectivity index (χ2n) is 15.1. The first kappa shape index (κ1) is 44.2. The summed E-state index contributed by atoms with van der Waals surface area (Å²) in [6.45, 7) is 17.9. The summed E-state index contributed by atoms with van der Waals surface area (Å²) in [6.07, 6.45) is 7.43. The molecule has 0 amide bonds. The molecule has 58 heavy (non-hydrogen) atoms. The molecule has 0 unspecified atom stereocenters. The third-order valence-corrected chi connectivity index (χ3v) is 18.2. The van der Waals surface area contributed by atoms with Crippen molar-refractivity contribution in [3.8, 4) is 57.0 Å². The second kappa shape index (κ2) is 18.3. The van der Waals surface area contributed by atoms with Crippen LogP contribution in [0.1, 0.15) is 65.7 Å². The van der Waals surface area contributed by atoms with Gasteiger partial charge in [0.1, 0.15) is 11.0 Å². The number of ketones is 1. The number of halogens is 1. The molecule has 0 bridgehead atoms. The third-order valence-electron chi connectivity index (χ3n) is 10.7. The van der Waals surface area contributed by atoms with Gasteiger partial charge in [-0.1, -0.05) is 55.4 Å². The van der Waals surface area contributed by atoms with Gasteiger partial charge in [0.15, 0.2) is 48.3 Å². The van der Waals surface area contributed by atoms with E-state index in [9.17, 15) is 4.79 Å². The minimum atomic E-state index is -1.93. The summed E-state index contributed by atoms with van der Waals surface area (Å²) in [5.41, 5.74) is 8.31. The Balaban J connectivity index is 0.000000226. The molecule has 2 aromatic carbocycles. The number of Topliss-reactive ketones (excluding diaryl/α,β-unsaturated/α-hetero) is 1. The van der Waals surface area contributed by atoms with Gasteiger partial charge in [-0.2, -0.15) is 0 Å². The normalized spacial score (nSPS) is 11.7. The maximum atomic E-state index is 12.4. The van der Waals surface area contributed by atoms with E-state index in [2.05, 4.69) is 89.5 Å². The fourth-order valence-electron chi connectivity index (χ4n) is 8.21. The van der Waals surface area contributed by atoms with E-state index in [1.807, 2.05) is 32.2 Å². The van der Waals surface area contributed by atoms with Gasteiger partial charge in [0.25, 0.3) is 0 Å². The van der Waals surface area contributed by atoms with Gasteiger partial charge in [0.2, 0.25) is 11.5 Å². The number of methoxy groups -OCH3 is 6. The van der Waals surface area contributed by atoms with Gasteiger partial charge in [0.05, 0.1) is 75.6 Å². The molecule has 310 valence electrons. The van der Waals surface area contributed by atoms with Gasteiger partial charge in [-0.05, 0) is 63.5 Å². The highest BCUT2D eigenvalue weighted by molar-refractivity contribution is 14.1. The molecule has 0 aliphatic carbocycles.